The monoisotopic (exact) mass is 319 g/mol. The van der Waals surface area contributed by atoms with Gasteiger partial charge in [0, 0.05) is 11.2 Å². The predicted molar refractivity (Wildman–Crippen MR) is 76.6 cm³/mol. The number of amides is 1. The fourth-order valence-corrected chi connectivity index (χ4v) is 3.50. The van der Waals surface area contributed by atoms with Crippen molar-refractivity contribution < 1.29 is 19.1 Å². The first-order valence-electron chi connectivity index (χ1n) is 5.61. The molecule has 1 unspecified atom stereocenters. The molecule has 0 saturated heterocycles. The van der Waals surface area contributed by atoms with E-state index in [1.165, 1.54) is 12.1 Å². The second-order valence-corrected chi connectivity index (χ2v) is 6.49. The number of hydrogen-bond donors (Lipinski definition) is 3. The van der Waals surface area contributed by atoms with E-state index < -0.39 is 18.7 Å². The molecule has 0 aliphatic carbocycles. The Bertz CT molecular complexity index is 547. The number of carbonyl (C=O) groups is 1. The zero-order valence-electron chi connectivity index (χ0n) is 10.7. The van der Waals surface area contributed by atoms with Crippen LogP contribution in [0, 0.1) is 6.92 Å². The molecule has 7 nitrogen and oxygen atoms in total. The van der Waals surface area contributed by atoms with Gasteiger partial charge >= 0.3 is 0 Å². The van der Waals surface area contributed by atoms with E-state index in [-0.39, 0.29) is 17.8 Å². The van der Waals surface area contributed by atoms with Crippen molar-refractivity contribution in [1.29, 1.82) is 0 Å². The van der Waals surface area contributed by atoms with Crippen LogP contribution in [0.1, 0.15) is 5.56 Å². The number of carbonyl (C=O) groups excluding carboxylic acids is 1. The number of benzene rings is 1. The zero-order chi connectivity index (χ0) is 15.2. The standard InChI is InChI=1S/C11H15ClN3O4P/c1-8-2-4-9(5-3-8)20(18,19-7-6-12)11(15-17)10(16)14-13/h2-5,17H,6-7,13H2,1H3,(H,14,16)/b15-11+. The quantitative estimate of drug-likeness (QED) is 0.137. The van der Waals surface area contributed by atoms with Crippen molar-refractivity contribution in [2.75, 3.05) is 12.5 Å². The summed E-state index contributed by atoms with van der Waals surface area (Å²) >= 11 is 5.51. The Morgan fingerprint density at radius 3 is 2.55 bits per heavy atom. The van der Waals surface area contributed by atoms with Gasteiger partial charge in [-0.1, -0.05) is 22.9 Å². The molecular formula is C11H15ClN3O4P. The number of nitrogens with one attached hydrogen (secondary N) is 1. The average molecular weight is 320 g/mol. The third-order valence-electron chi connectivity index (χ3n) is 2.43. The maximum atomic E-state index is 12.9. The molecule has 9 heteroatoms. The number of nitrogens with two attached hydrogens (primary N) is 1. The Balaban J connectivity index is 3.31. The molecule has 1 atom stereocenters. The first-order chi connectivity index (χ1) is 9.49. The maximum Gasteiger partial charge on any atom is 0.293 e. The van der Waals surface area contributed by atoms with Gasteiger partial charge in [-0.25, -0.2) is 5.84 Å². The number of rotatable bonds is 6. The van der Waals surface area contributed by atoms with Crippen molar-refractivity contribution in [3.8, 4) is 0 Å². The molecule has 1 aromatic rings. The summed E-state index contributed by atoms with van der Waals surface area (Å²) in [6, 6.07) is 6.45. The molecule has 0 fully saturated rings. The molecule has 0 aromatic heterocycles. The summed E-state index contributed by atoms with van der Waals surface area (Å²) < 4.78 is 18.1. The third kappa shape index (κ3) is 3.58. The number of nitrogens with zero attached hydrogens (tertiary/aromatic N) is 1. The molecule has 4 N–H and O–H groups in total. The Labute approximate surface area is 121 Å². The van der Waals surface area contributed by atoms with E-state index >= 15 is 0 Å². The van der Waals surface area contributed by atoms with Crippen molar-refractivity contribution in [3.63, 3.8) is 0 Å². The first-order valence-corrected chi connectivity index (χ1v) is 7.77. The summed E-state index contributed by atoms with van der Waals surface area (Å²) in [6.07, 6.45) is 0. The normalized spacial score (nSPS) is 14.7. The largest absolute Gasteiger partial charge is 0.410 e. The van der Waals surface area contributed by atoms with Crippen LogP contribution in [-0.2, 0) is 13.9 Å². The Kier molecular flexibility index (Phi) is 6.16. The highest BCUT2D eigenvalue weighted by Crippen LogP contribution is 2.47. The number of alkyl halides is 1. The van der Waals surface area contributed by atoms with E-state index in [0.29, 0.717) is 0 Å². The fourth-order valence-electron chi connectivity index (χ4n) is 1.46. The highest BCUT2D eigenvalue weighted by molar-refractivity contribution is 7.85. The van der Waals surface area contributed by atoms with Crippen molar-refractivity contribution in [1.82, 2.24) is 5.43 Å². The molecule has 0 heterocycles. The molecule has 1 amide bonds. The molecule has 1 rings (SSSR count). The van der Waals surface area contributed by atoms with E-state index in [1.54, 1.807) is 17.6 Å². The predicted octanol–water partition coefficient (Wildman–Crippen LogP) is 0.931. The van der Waals surface area contributed by atoms with E-state index in [2.05, 4.69) is 5.16 Å². The summed E-state index contributed by atoms with van der Waals surface area (Å²) in [5.74, 6) is 4.06. The average Bonchev–Trinajstić information content (AvgIpc) is 2.46. The molecule has 0 spiro atoms. The summed E-state index contributed by atoms with van der Waals surface area (Å²) in [5.41, 5.74) is 2.01. The minimum atomic E-state index is -3.87. The van der Waals surface area contributed by atoms with Gasteiger partial charge in [0.25, 0.3) is 13.3 Å². The van der Waals surface area contributed by atoms with Crippen LogP contribution in [-0.4, -0.2) is 29.1 Å². The van der Waals surface area contributed by atoms with Gasteiger partial charge in [0.1, 0.15) is 0 Å². The number of hydrazine groups is 1. The number of halogens is 1. The molecule has 0 bridgehead atoms. The van der Waals surface area contributed by atoms with Gasteiger partial charge < -0.3 is 9.73 Å². The lowest BCUT2D eigenvalue weighted by Gasteiger charge is -2.18. The molecule has 0 radical (unpaired) electrons. The summed E-state index contributed by atoms with van der Waals surface area (Å²) in [7, 11) is -3.87. The lowest BCUT2D eigenvalue weighted by atomic mass is 10.2. The topological polar surface area (TPSA) is 114 Å². The van der Waals surface area contributed by atoms with Gasteiger partial charge in [0.05, 0.1) is 6.61 Å². The van der Waals surface area contributed by atoms with Crippen LogP contribution in [0.2, 0.25) is 0 Å². The Hall–Kier alpha value is -1.40. The lowest BCUT2D eigenvalue weighted by molar-refractivity contribution is -0.114. The SMILES string of the molecule is Cc1ccc(P(=O)(OCCCl)/C(=N/O)C(=O)NN)cc1. The number of hydrogen-bond acceptors (Lipinski definition) is 6. The summed E-state index contributed by atoms with van der Waals surface area (Å²) in [4.78, 5) is 11.6. The first kappa shape index (κ1) is 16.7. The van der Waals surface area contributed by atoms with Crippen LogP contribution in [0.5, 0.6) is 0 Å². The third-order valence-corrected chi connectivity index (χ3v) is 4.96. The minimum Gasteiger partial charge on any atom is -0.410 e. The molecule has 20 heavy (non-hydrogen) atoms. The van der Waals surface area contributed by atoms with Gasteiger partial charge in [-0.2, -0.15) is 0 Å². The van der Waals surface area contributed by atoms with Gasteiger partial charge in [-0.3, -0.25) is 14.8 Å². The zero-order valence-corrected chi connectivity index (χ0v) is 12.4. The van der Waals surface area contributed by atoms with Crippen molar-refractivity contribution in [3.05, 3.63) is 29.8 Å². The van der Waals surface area contributed by atoms with E-state index in [4.69, 9.17) is 27.2 Å². The van der Waals surface area contributed by atoms with Crippen molar-refractivity contribution in [2.24, 2.45) is 11.0 Å². The Morgan fingerprint density at radius 1 is 1.50 bits per heavy atom. The highest BCUT2D eigenvalue weighted by Gasteiger charge is 2.38. The van der Waals surface area contributed by atoms with Crippen molar-refractivity contribution in [2.45, 2.75) is 6.92 Å². The highest BCUT2D eigenvalue weighted by atomic mass is 35.5. The summed E-state index contributed by atoms with van der Waals surface area (Å²) in [5, 5.41) is 12.0. The smallest absolute Gasteiger partial charge is 0.293 e. The van der Waals surface area contributed by atoms with Crippen LogP contribution in [0.4, 0.5) is 0 Å². The molecule has 0 saturated carbocycles. The van der Waals surface area contributed by atoms with Crippen molar-refractivity contribution >= 4 is 35.6 Å². The van der Waals surface area contributed by atoms with E-state index in [1.807, 2.05) is 6.92 Å². The van der Waals surface area contributed by atoms with Crippen LogP contribution < -0.4 is 16.6 Å². The van der Waals surface area contributed by atoms with Gasteiger partial charge in [0.15, 0.2) is 0 Å². The van der Waals surface area contributed by atoms with E-state index in [9.17, 15) is 9.36 Å². The molecular weight excluding hydrogens is 305 g/mol. The minimum absolute atomic E-state index is 0.0683. The maximum absolute atomic E-state index is 12.9. The van der Waals surface area contributed by atoms with Crippen LogP contribution in [0.3, 0.4) is 0 Å². The summed E-state index contributed by atoms with van der Waals surface area (Å²) in [6.45, 7) is 1.77. The van der Waals surface area contributed by atoms with E-state index in [0.717, 1.165) is 5.56 Å². The lowest BCUT2D eigenvalue weighted by Crippen LogP contribution is -2.38. The van der Waals surface area contributed by atoms with Crippen LogP contribution in [0.25, 0.3) is 0 Å². The fraction of sp³-hybridized carbons (Fsp3) is 0.273. The number of aryl methyl sites for hydroxylation is 1. The van der Waals surface area contributed by atoms with Gasteiger partial charge in [-0.15, -0.1) is 11.6 Å². The van der Waals surface area contributed by atoms with Gasteiger partial charge in [0.2, 0.25) is 5.45 Å². The second kappa shape index (κ2) is 7.40. The molecule has 0 aliphatic heterocycles. The van der Waals surface area contributed by atoms with Gasteiger partial charge in [-0.05, 0) is 19.1 Å². The Morgan fingerprint density at radius 2 is 2.10 bits per heavy atom. The molecule has 0 aliphatic rings. The molecule has 110 valence electrons. The van der Waals surface area contributed by atoms with Crippen LogP contribution in [0.15, 0.2) is 29.4 Å². The molecule has 1 aromatic carbocycles. The van der Waals surface area contributed by atoms with Crippen LogP contribution >= 0.6 is 19.0 Å². The number of oxime groups is 1. The second-order valence-electron chi connectivity index (χ2n) is 3.81.